The predicted molar refractivity (Wildman–Crippen MR) is 73.9 cm³/mol. The number of alkyl halides is 2. The summed E-state index contributed by atoms with van der Waals surface area (Å²) in [5, 5.41) is 3.35. The van der Waals surface area contributed by atoms with E-state index >= 15 is 0 Å². The van der Waals surface area contributed by atoms with Gasteiger partial charge in [0, 0.05) is 30.9 Å². The second kappa shape index (κ2) is 5.65. The number of benzene rings is 1. The van der Waals surface area contributed by atoms with Crippen LogP contribution < -0.4 is 10.2 Å². The number of halogens is 2. The lowest BCUT2D eigenvalue weighted by Crippen LogP contribution is -2.54. The van der Waals surface area contributed by atoms with Gasteiger partial charge in [-0.2, -0.15) is 8.78 Å². The van der Waals surface area contributed by atoms with Crippen LogP contribution in [0, 0.1) is 0 Å². The van der Waals surface area contributed by atoms with E-state index in [1.165, 1.54) is 12.1 Å². The van der Waals surface area contributed by atoms with E-state index in [-0.39, 0.29) is 10.9 Å². The highest BCUT2D eigenvalue weighted by Crippen LogP contribution is 2.24. The predicted octanol–water partition coefficient (Wildman–Crippen LogP) is 1.87. The highest BCUT2D eigenvalue weighted by Gasteiger charge is 2.27. The molecule has 0 radical (unpaired) electrons. The van der Waals surface area contributed by atoms with Crippen molar-refractivity contribution in [2.24, 2.45) is 0 Å². The Morgan fingerprint density at radius 1 is 1.25 bits per heavy atom. The number of piperazine rings is 1. The van der Waals surface area contributed by atoms with Gasteiger partial charge in [-0.15, -0.1) is 0 Å². The first kappa shape index (κ1) is 15.2. The fourth-order valence-electron chi connectivity index (χ4n) is 2.31. The molecule has 2 rings (SSSR count). The smallest absolute Gasteiger partial charge is 0.341 e. The summed E-state index contributed by atoms with van der Waals surface area (Å²) in [6.45, 7) is 5.75. The van der Waals surface area contributed by atoms with Crippen molar-refractivity contribution in [2.45, 2.75) is 36.6 Å². The van der Waals surface area contributed by atoms with Gasteiger partial charge in [0.15, 0.2) is 0 Å². The molecule has 0 aliphatic carbocycles. The SMILES string of the molecule is CC1CN(c2ccc(S(=O)(=O)C(F)F)cc2)C(C)CN1. The maximum atomic E-state index is 12.5. The van der Waals surface area contributed by atoms with Crippen molar-refractivity contribution in [1.29, 1.82) is 0 Å². The van der Waals surface area contributed by atoms with Crippen molar-refractivity contribution < 1.29 is 17.2 Å². The highest BCUT2D eigenvalue weighted by atomic mass is 32.2. The third kappa shape index (κ3) is 2.93. The molecule has 1 aromatic carbocycles. The summed E-state index contributed by atoms with van der Waals surface area (Å²) in [6, 6.07) is 6.26. The Morgan fingerprint density at radius 3 is 2.40 bits per heavy atom. The molecule has 1 N–H and O–H groups in total. The standard InChI is InChI=1S/C13H18F2N2O2S/c1-9-8-17(10(2)7-16-9)11-3-5-12(6-4-11)20(18,19)13(14)15/h3-6,9-10,13,16H,7-8H2,1-2H3. The van der Waals surface area contributed by atoms with Crippen LogP contribution >= 0.6 is 0 Å². The molecular formula is C13H18F2N2O2S. The Bertz CT molecular complexity index is 560. The van der Waals surface area contributed by atoms with Crippen molar-refractivity contribution in [3.8, 4) is 0 Å². The van der Waals surface area contributed by atoms with Gasteiger partial charge in [-0.3, -0.25) is 0 Å². The number of anilines is 1. The van der Waals surface area contributed by atoms with Crippen molar-refractivity contribution in [1.82, 2.24) is 5.32 Å². The lowest BCUT2D eigenvalue weighted by atomic mass is 10.1. The number of nitrogens with one attached hydrogen (secondary N) is 1. The van der Waals surface area contributed by atoms with E-state index in [0.29, 0.717) is 6.04 Å². The van der Waals surface area contributed by atoms with Gasteiger partial charge in [-0.1, -0.05) is 0 Å². The molecule has 1 aromatic rings. The van der Waals surface area contributed by atoms with E-state index in [1.807, 2.05) is 0 Å². The Balaban J connectivity index is 2.24. The van der Waals surface area contributed by atoms with Gasteiger partial charge in [-0.05, 0) is 38.1 Å². The van der Waals surface area contributed by atoms with Crippen molar-refractivity contribution in [3.05, 3.63) is 24.3 Å². The van der Waals surface area contributed by atoms with Crippen LogP contribution in [0.25, 0.3) is 0 Å². The number of rotatable bonds is 3. The molecule has 0 aromatic heterocycles. The number of hydrogen-bond acceptors (Lipinski definition) is 4. The molecule has 1 aliphatic heterocycles. The Morgan fingerprint density at radius 2 is 1.85 bits per heavy atom. The maximum absolute atomic E-state index is 12.5. The number of nitrogens with zero attached hydrogens (tertiary/aromatic N) is 1. The number of hydrogen-bond donors (Lipinski definition) is 1. The van der Waals surface area contributed by atoms with Crippen LogP contribution in [0.15, 0.2) is 29.2 Å². The van der Waals surface area contributed by atoms with Gasteiger partial charge in [0.1, 0.15) is 0 Å². The molecule has 2 atom stereocenters. The Labute approximate surface area is 117 Å². The minimum Gasteiger partial charge on any atom is -0.366 e. The summed E-state index contributed by atoms with van der Waals surface area (Å²) >= 11 is 0. The fraction of sp³-hybridized carbons (Fsp3) is 0.538. The molecular weight excluding hydrogens is 286 g/mol. The van der Waals surface area contributed by atoms with Crippen molar-refractivity contribution >= 4 is 15.5 Å². The van der Waals surface area contributed by atoms with E-state index in [1.54, 1.807) is 12.1 Å². The first-order valence-corrected chi connectivity index (χ1v) is 7.99. The Hall–Kier alpha value is -1.21. The van der Waals surface area contributed by atoms with E-state index < -0.39 is 15.6 Å². The zero-order valence-electron chi connectivity index (χ0n) is 11.4. The average molecular weight is 304 g/mol. The summed E-state index contributed by atoms with van der Waals surface area (Å²) in [7, 11) is -4.51. The van der Waals surface area contributed by atoms with Crippen LogP contribution in [-0.4, -0.2) is 39.3 Å². The molecule has 1 aliphatic rings. The summed E-state index contributed by atoms with van der Waals surface area (Å²) in [6.07, 6.45) is 0. The Kier molecular flexibility index (Phi) is 4.29. The first-order chi connectivity index (χ1) is 9.32. The van der Waals surface area contributed by atoms with Gasteiger partial charge >= 0.3 is 5.76 Å². The highest BCUT2D eigenvalue weighted by molar-refractivity contribution is 7.91. The van der Waals surface area contributed by atoms with Gasteiger partial charge in [0.2, 0.25) is 9.84 Å². The zero-order valence-corrected chi connectivity index (χ0v) is 12.2. The van der Waals surface area contributed by atoms with Gasteiger partial charge in [-0.25, -0.2) is 8.42 Å². The molecule has 112 valence electrons. The second-order valence-electron chi connectivity index (χ2n) is 5.11. The summed E-state index contributed by atoms with van der Waals surface area (Å²) in [4.78, 5) is 1.80. The molecule has 1 fully saturated rings. The quantitative estimate of drug-likeness (QED) is 0.926. The third-order valence-electron chi connectivity index (χ3n) is 3.50. The molecule has 20 heavy (non-hydrogen) atoms. The van der Waals surface area contributed by atoms with Crippen molar-refractivity contribution in [2.75, 3.05) is 18.0 Å². The monoisotopic (exact) mass is 304 g/mol. The molecule has 2 unspecified atom stereocenters. The normalized spacial score (nSPS) is 24.1. The molecule has 1 saturated heterocycles. The minimum atomic E-state index is -4.51. The minimum absolute atomic E-state index is 0.267. The van der Waals surface area contributed by atoms with Gasteiger partial charge in [0.05, 0.1) is 4.90 Å². The van der Waals surface area contributed by atoms with E-state index in [4.69, 9.17) is 0 Å². The molecule has 7 heteroatoms. The van der Waals surface area contributed by atoms with Gasteiger partial charge < -0.3 is 10.2 Å². The zero-order chi connectivity index (χ0) is 14.9. The largest absolute Gasteiger partial charge is 0.366 e. The van der Waals surface area contributed by atoms with Crippen LogP contribution in [0.1, 0.15) is 13.8 Å². The van der Waals surface area contributed by atoms with Crippen molar-refractivity contribution in [3.63, 3.8) is 0 Å². The molecule has 0 amide bonds. The average Bonchev–Trinajstić information content (AvgIpc) is 2.41. The summed E-state index contributed by atoms with van der Waals surface area (Å²) in [5.74, 6) is -3.38. The van der Waals surface area contributed by atoms with Crippen LogP contribution in [0.2, 0.25) is 0 Å². The summed E-state index contributed by atoms with van der Waals surface area (Å²) in [5.41, 5.74) is 0.846. The molecule has 1 heterocycles. The number of sulfone groups is 1. The van der Waals surface area contributed by atoms with Crippen LogP contribution in [0.5, 0.6) is 0 Å². The van der Waals surface area contributed by atoms with E-state index in [9.17, 15) is 17.2 Å². The van der Waals surface area contributed by atoms with Crippen LogP contribution in [-0.2, 0) is 9.84 Å². The van der Waals surface area contributed by atoms with E-state index in [2.05, 4.69) is 24.1 Å². The first-order valence-electron chi connectivity index (χ1n) is 6.44. The lowest BCUT2D eigenvalue weighted by molar-refractivity contribution is 0.234. The topological polar surface area (TPSA) is 49.4 Å². The van der Waals surface area contributed by atoms with Crippen LogP contribution in [0.4, 0.5) is 14.5 Å². The summed E-state index contributed by atoms with van der Waals surface area (Å²) < 4.78 is 47.6. The molecule has 0 bridgehead atoms. The molecule has 0 spiro atoms. The maximum Gasteiger partial charge on any atom is 0.341 e. The van der Waals surface area contributed by atoms with Crippen LogP contribution in [0.3, 0.4) is 0 Å². The van der Waals surface area contributed by atoms with Gasteiger partial charge in [0.25, 0.3) is 0 Å². The molecule has 0 saturated carbocycles. The fourth-order valence-corrected chi connectivity index (χ4v) is 3.03. The van der Waals surface area contributed by atoms with E-state index in [0.717, 1.165) is 18.8 Å². The lowest BCUT2D eigenvalue weighted by Gasteiger charge is -2.39. The third-order valence-corrected chi connectivity index (χ3v) is 4.89. The molecule has 4 nitrogen and oxygen atoms in total. The second-order valence-corrected chi connectivity index (χ2v) is 7.03.